The van der Waals surface area contributed by atoms with E-state index in [1.165, 1.54) is 7.11 Å². The quantitative estimate of drug-likeness (QED) is 0.425. The number of aliphatic hydroxyl groups is 1. The van der Waals surface area contributed by atoms with E-state index in [9.17, 15) is 4.79 Å². The van der Waals surface area contributed by atoms with Gasteiger partial charge in [-0.05, 0) is 18.2 Å². The summed E-state index contributed by atoms with van der Waals surface area (Å²) in [7, 11) is 1.34. The number of esters is 1. The molecule has 2 aromatic heterocycles. The Labute approximate surface area is 156 Å². The monoisotopic (exact) mass is 371 g/mol. The molecule has 0 spiro atoms. The number of rotatable bonds is 9. The van der Waals surface area contributed by atoms with E-state index in [2.05, 4.69) is 20.3 Å². The smallest absolute Gasteiger partial charge is 0.337 e. The molecule has 0 aliphatic rings. The Morgan fingerprint density at radius 1 is 1.30 bits per heavy atom. The second-order valence-electron chi connectivity index (χ2n) is 5.71. The van der Waals surface area contributed by atoms with E-state index in [1.807, 2.05) is 10.8 Å². The van der Waals surface area contributed by atoms with Crippen LogP contribution in [0.2, 0.25) is 0 Å². The van der Waals surface area contributed by atoms with E-state index in [1.54, 1.807) is 30.7 Å². The molecule has 0 aliphatic heterocycles. The average molecular weight is 371 g/mol. The van der Waals surface area contributed by atoms with E-state index in [4.69, 9.17) is 14.6 Å². The van der Waals surface area contributed by atoms with E-state index in [0.717, 1.165) is 5.39 Å². The van der Waals surface area contributed by atoms with Crippen LogP contribution >= 0.6 is 0 Å². The Morgan fingerprint density at radius 3 is 2.93 bits per heavy atom. The Bertz CT molecular complexity index is 898. The van der Waals surface area contributed by atoms with E-state index >= 15 is 0 Å². The third kappa shape index (κ3) is 4.78. The number of benzene rings is 1. The third-order valence-electron chi connectivity index (χ3n) is 3.82. The van der Waals surface area contributed by atoms with Gasteiger partial charge >= 0.3 is 5.97 Å². The molecule has 0 aliphatic carbocycles. The van der Waals surface area contributed by atoms with E-state index in [-0.39, 0.29) is 13.2 Å². The maximum Gasteiger partial charge on any atom is 0.337 e. The molecular weight excluding hydrogens is 350 g/mol. The van der Waals surface area contributed by atoms with Gasteiger partial charge < -0.3 is 24.5 Å². The minimum absolute atomic E-state index is 0.0199. The highest BCUT2D eigenvalue weighted by molar-refractivity contribution is 5.97. The zero-order valence-corrected chi connectivity index (χ0v) is 15.0. The molecule has 0 bridgehead atoms. The molecule has 142 valence electrons. The lowest BCUT2D eigenvalue weighted by molar-refractivity contribution is 0.0601. The highest BCUT2D eigenvalue weighted by atomic mass is 16.5. The summed E-state index contributed by atoms with van der Waals surface area (Å²) in [5, 5.41) is 12.7. The van der Waals surface area contributed by atoms with Crippen molar-refractivity contribution < 1.29 is 19.4 Å². The molecule has 0 saturated heterocycles. The van der Waals surface area contributed by atoms with Crippen LogP contribution in [0.15, 0.2) is 36.9 Å². The van der Waals surface area contributed by atoms with Crippen LogP contribution in [0.4, 0.5) is 5.82 Å². The molecular formula is C18H21N5O4. The lowest BCUT2D eigenvalue weighted by Gasteiger charge is -2.12. The predicted molar refractivity (Wildman–Crippen MR) is 98.6 cm³/mol. The fourth-order valence-corrected chi connectivity index (χ4v) is 2.58. The van der Waals surface area contributed by atoms with Crippen LogP contribution in [-0.4, -0.2) is 64.1 Å². The molecule has 9 heteroatoms. The maximum atomic E-state index is 11.8. The number of imidazole rings is 1. The van der Waals surface area contributed by atoms with Crippen LogP contribution in [0.1, 0.15) is 16.2 Å². The number of aromatic nitrogens is 4. The normalized spacial score (nSPS) is 10.9. The van der Waals surface area contributed by atoms with Crippen LogP contribution in [0.3, 0.4) is 0 Å². The fourth-order valence-electron chi connectivity index (χ4n) is 2.58. The average Bonchev–Trinajstić information content (AvgIpc) is 3.19. The number of carbonyl (C=O) groups is 1. The molecule has 0 unspecified atom stereocenters. The summed E-state index contributed by atoms with van der Waals surface area (Å²) in [6, 6.07) is 5.16. The first kappa shape index (κ1) is 18.7. The molecule has 2 N–H and O–H groups in total. The fraction of sp³-hybridized carbons (Fsp3) is 0.333. The van der Waals surface area contributed by atoms with Gasteiger partial charge in [0.05, 0.1) is 50.9 Å². The number of hydrogen-bond donors (Lipinski definition) is 2. The first-order chi connectivity index (χ1) is 13.2. The first-order valence-corrected chi connectivity index (χ1v) is 8.48. The van der Waals surface area contributed by atoms with Crippen molar-refractivity contribution in [3.8, 4) is 0 Å². The van der Waals surface area contributed by atoms with Gasteiger partial charge in [0.1, 0.15) is 5.82 Å². The van der Waals surface area contributed by atoms with Crippen molar-refractivity contribution in [2.45, 2.75) is 6.54 Å². The van der Waals surface area contributed by atoms with Crippen molar-refractivity contribution in [2.75, 3.05) is 38.8 Å². The van der Waals surface area contributed by atoms with E-state index in [0.29, 0.717) is 42.4 Å². The van der Waals surface area contributed by atoms with Gasteiger partial charge in [-0.2, -0.15) is 0 Å². The van der Waals surface area contributed by atoms with Crippen LogP contribution < -0.4 is 5.32 Å². The lowest BCUT2D eigenvalue weighted by atomic mass is 10.1. The number of ether oxygens (including phenoxy) is 2. The summed E-state index contributed by atoms with van der Waals surface area (Å²) in [6.07, 6.45) is 5.23. The summed E-state index contributed by atoms with van der Waals surface area (Å²) >= 11 is 0. The summed E-state index contributed by atoms with van der Waals surface area (Å²) in [4.78, 5) is 25.0. The van der Waals surface area contributed by atoms with Gasteiger partial charge in [-0.3, -0.25) is 0 Å². The van der Waals surface area contributed by atoms with Gasteiger partial charge in [-0.1, -0.05) is 0 Å². The molecule has 0 atom stereocenters. The number of hydrogen-bond acceptors (Lipinski definition) is 8. The molecule has 27 heavy (non-hydrogen) atoms. The van der Waals surface area contributed by atoms with Crippen LogP contribution in [-0.2, 0) is 16.0 Å². The number of methoxy groups -OCH3 is 1. The summed E-state index contributed by atoms with van der Waals surface area (Å²) in [5.41, 5.74) is 1.14. The molecule has 9 nitrogen and oxygen atoms in total. The Morgan fingerprint density at radius 2 is 2.19 bits per heavy atom. The van der Waals surface area contributed by atoms with Gasteiger partial charge in [0, 0.05) is 24.3 Å². The molecule has 3 aromatic rings. The van der Waals surface area contributed by atoms with Crippen molar-refractivity contribution in [3.05, 3.63) is 48.3 Å². The van der Waals surface area contributed by atoms with Crippen LogP contribution in [0.25, 0.3) is 10.9 Å². The van der Waals surface area contributed by atoms with Gasteiger partial charge in [0.25, 0.3) is 0 Å². The second-order valence-corrected chi connectivity index (χ2v) is 5.71. The van der Waals surface area contributed by atoms with Crippen molar-refractivity contribution in [1.29, 1.82) is 0 Å². The lowest BCUT2D eigenvalue weighted by Crippen LogP contribution is -2.14. The topological polar surface area (TPSA) is 111 Å². The Kier molecular flexibility index (Phi) is 6.29. The zero-order valence-electron chi connectivity index (χ0n) is 15.0. The number of anilines is 1. The third-order valence-corrected chi connectivity index (χ3v) is 3.82. The van der Waals surface area contributed by atoms with E-state index < -0.39 is 5.97 Å². The standard InChI is InChI=1S/C18H21N5O4/c1-26-18(25)13-2-3-15-14(10-13)17(20-5-8-27-9-7-24)22-16(21-15)11-23-6-4-19-12-23/h2-4,6,10,12,24H,5,7-9,11H2,1H3,(H,20,21,22). The number of fused-ring (bicyclic) bond motifs is 1. The number of carbonyl (C=O) groups excluding carboxylic acids is 1. The molecule has 0 saturated carbocycles. The molecule has 3 rings (SSSR count). The van der Waals surface area contributed by atoms with Gasteiger partial charge in [0.15, 0.2) is 5.82 Å². The minimum Gasteiger partial charge on any atom is -0.465 e. The predicted octanol–water partition coefficient (Wildman–Crippen LogP) is 1.08. The van der Waals surface area contributed by atoms with Crippen LogP contribution in [0.5, 0.6) is 0 Å². The van der Waals surface area contributed by atoms with Crippen LogP contribution in [0, 0.1) is 0 Å². The van der Waals surface area contributed by atoms with Gasteiger partial charge in [-0.25, -0.2) is 19.7 Å². The Hall–Kier alpha value is -3.04. The van der Waals surface area contributed by atoms with Gasteiger partial charge in [0.2, 0.25) is 0 Å². The number of aliphatic hydroxyl groups excluding tert-OH is 1. The Balaban J connectivity index is 1.90. The highest BCUT2D eigenvalue weighted by Crippen LogP contribution is 2.22. The molecule has 0 fully saturated rings. The van der Waals surface area contributed by atoms with Crippen molar-refractivity contribution in [1.82, 2.24) is 19.5 Å². The summed E-state index contributed by atoms with van der Waals surface area (Å²) < 4.78 is 11.9. The maximum absolute atomic E-state index is 11.8. The second kappa shape index (κ2) is 9.06. The zero-order chi connectivity index (χ0) is 19.1. The molecule has 1 aromatic carbocycles. The number of nitrogens with one attached hydrogen (secondary N) is 1. The summed E-state index contributed by atoms with van der Waals surface area (Å²) in [5.74, 6) is 0.801. The van der Waals surface area contributed by atoms with Crippen molar-refractivity contribution in [2.24, 2.45) is 0 Å². The molecule has 0 amide bonds. The molecule has 0 radical (unpaired) electrons. The molecule has 2 heterocycles. The minimum atomic E-state index is -0.420. The largest absolute Gasteiger partial charge is 0.465 e. The van der Waals surface area contributed by atoms with Crippen molar-refractivity contribution in [3.63, 3.8) is 0 Å². The van der Waals surface area contributed by atoms with Crippen molar-refractivity contribution >= 4 is 22.7 Å². The first-order valence-electron chi connectivity index (χ1n) is 8.48. The number of nitrogens with zero attached hydrogens (tertiary/aromatic N) is 4. The summed E-state index contributed by atoms with van der Waals surface area (Å²) in [6.45, 7) is 1.65. The SMILES string of the molecule is COC(=O)c1ccc2nc(Cn3ccnc3)nc(NCCOCCO)c2c1. The van der Waals surface area contributed by atoms with Gasteiger partial charge in [-0.15, -0.1) is 0 Å². The highest BCUT2D eigenvalue weighted by Gasteiger charge is 2.12.